The van der Waals surface area contributed by atoms with Crippen molar-refractivity contribution in [2.75, 3.05) is 19.7 Å². The van der Waals surface area contributed by atoms with Crippen LogP contribution in [0.2, 0.25) is 0 Å². The van der Waals surface area contributed by atoms with E-state index in [4.69, 9.17) is 4.74 Å². The summed E-state index contributed by atoms with van der Waals surface area (Å²) in [5, 5.41) is 3.54. The lowest BCUT2D eigenvalue weighted by molar-refractivity contribution is -0.142. The summed E-state index contributed by atoms with van der Waals surface area (Å²) in [6.07, 6.45) is 6.10. The second-order valence-corrected chi connectivity index (χ2v) is 5.71. The van der Waals surface area contributed by atoms with Crippen LogP contribution in [0.25, 0.3) is 0 Å². The highest BCUT2D eigenvalue weighted by atomic mass is 16.5. The van der Waals surface area contributed by atoms with Gasteiger partial charge in [0.15, 0.2) is 0 Å². The smallest absolute Gasteiger partial charge is 0.248 e. The average molecular weight is 254 g/mol. The molecule has 0 radical (unpaired) electrons. The number of carbonyl (C=O) groups is 1. The van der Waals surface area contributed by atoms with Crippen LogP contribution in [0, 0.1) is 0 Å². The van der Waals surface area contributed by atoms with Crippen LogP contribution in [0.15, 0.2) is 0 Å². The van der Waals surface area contributed by atoms with E-state index in [2.05, 4.69) is 10.2 Å². The minimum absolute atomic E-state index is 0.127. The summed E-state index contributed by atoms with van der Waals surface area (Å²) in [5.41, 5.74) is 0. The molecule has 0 aromatic heterocycles. The Kier molecular flexibility index (Phi) is 5.01. The molecule has 18 heavy (non-hydrogen) atoms. The third-order valence-electron chi connectivity index (χ3n) is 3.97. The first kappa shape index (κ1) is 13.8. The van der Waals surface area contributed by atoms with Crippen molar-refractivity contribution in [2.24, 2.45) is 0 Å². The van der Waals surface area contributed by atoms with Gasteiger partial charge in [-0.1, -0.05) is 0 Å². The van der Waals surface area contributed by atoms with Crippen molar-refractivity contribution >= 4 is 5.91 Å². The molecule has 0 aromatic rings. The van der Waals surface area contributed by atoms with Crippen molar-refractivity contribution in [3.05, 3.63) is 0 Å². The Morgan fingerprint density at radius 1 is 1.33 bits per heavy atom. The van der Waals surface area contributed by atoms with Crippen LogP contribution in [0.5, 0.6) is 0 Å². The van der Waals surface area contributed by atoms with E-state index in [1.54, 1.807) is 0 Å². The lowest BCUT2D eigenvalue weighted by atomic mass is 9.94. The molecule has 4 heteroatoms. The van der Waals surface area contributed by atoms with Crippen LogP contribution in [-0.4, -0.2) is 48.7 Å². The quantitative estimate of drug-likeness (QED) is 0.827. The number of nitrogens with one attached hydrogen (secondary N) is 1. The number of nitrogens with zero attached hydrogens (tertiary/aromatic N) is 1. The van der Waals surface area contributed by atoms with Gasteiger partial charge >= 0.3 is 0 Å². The number of rotatable bonds is 4. The summed E-state index contributed by atoms with van der Waals surface area (Å²) in [5.74, 6) is 0.169. The molecule has 0 bridgehead atoms. The molecule has 4 nitrogen and oxygen atoms in total. The molecule has 0 aliphatic carbocycles. The summed E-state index contributed by atoms with van der Waals surface area (Å²) < 4.78 is 5.46. The molecule has 0 aromatic carbocycles. The van der Waals surface area contributed by atoms with Gasteiger partial charge in [0.2, 0.25) is 5.91 Å². The fourth-order valence-corrected chi connectivity index (χ4v) is 3.05. The van der Waals surface area contributed by atoms with Gasteiger partial charge in [0.05, 0.1) is 6.10 Å². The maximum Gasteiger partial charge on any atom is 0.248 e. The van der Waals surface area contributed by atoms with Crippen LogP contribution < -0.4 is 5.32 Å². The van der Waals surface area contributed by atoms with Gasteiger partial charge in [0.25, 0.3) is 0 Å². The summed E-state index contributed by atoms with van der Waals surface area (Å²) in [6.45, 7) is 6.19. The molecule has 1 N–H and O–H groups in total. The first-order valence-corrected chi connectivity index (χ1v) is 7.33. The van der Waals surface area contributed by atoms with Crippen molar-refractivity contribution in [1.29, 1.82) is 0 Å². The molecule has 2 fully saturated rings. The minimum Gasteiger partial charge on any atom is -0.369 e. The molecule has 2 aliphatic heterocycles. The predicted octanol–water partition coefficient (Wildman–Crippen LogP) is 1.54. The molecule has 104 valence electrons. The zero-order valence-corrected chi connectivity index (χ0v) is 11.7. The van der Waals surface area contributed by atoms with E-state index in [1.165, 1.54) is 19.3 Å². The van der Waals surface area contributed by atoms with E-state index < -0.39 is 0 Å². The summed E-state index contributed by atoms with van der Waals surface area (Å²) >= 11 is 0. The standard InChI is InChI=1S/C14H26N2O2/c1-11(2)18-10-14(17)16-9-4-3-7-13(16)12-6-5-8-15-12/h11-13,15H,3-10H2,1-2H3. The zero-order valence-electron chi connectivity index (χ0n) is 11.7. The number of hydrogen-bond donors (Lipinski definition) is 1. The van der Waals surface area contributed by atoms with Crippen molar-refractivity contribution < 1.29 is 9.53 Å². The zero-order chi connectivity index (χ0) is 13.0. The molecule has 2 rings (SSSR count). The largest absolute Gasteiger partial charge is 0.369 e. The van der Waals surface area contributed by atoms with E-state index in [0.717, 1.165) is 25.9 Å². The van der Waals surface area contributed by atoms with E-state index >= 15 is 0 Å². The number of carbonyl (C=O) groups excluding carboxylic acids is 1. The third kappa shape index (κ3) is 3.45. The van der Waals surface area contributed by atoms with Crippen LogP contribution in [0.3, 0.4) is 0 Å². The molecule has 2 saturated heterocycles. The van der Waals surface area contributed by atoms with E-state index in [9.17, 15) is 4.79 Å². The molecule has 2 unspecified atom stereocenters. The van der Waals surface area contributed by atoms with E-state index in [-0.39, 0.29) is 18.6 Å². The molecular formula is C14H26N2O2. The van der Waals surface area contributed by atoms with Crippen LogP contribution in [0.4, 0.5) is 0 Å². The highest BCUT2D eigenvalue weighted by Gasteiger charge is 2.34. The SMILES string of the molecule is CC(C)OCC(=O)N1CCCCC1C1CCCN1. The summed E-state index contributed by atoms with van der Waals surface area (Å²) in [6, 6.07) is 0.901. The summed E-state index contributed by atoms with van der Waals surface area (Å²) in [4.78, 5) is 14.3. The fourth-order valence-electron chi connectivity index (χ4n) is 3.05. The van der Waals surface area contributed by atoms with Crippen molar-refractivity contribution in [2.45, 2.75) is 64.1 Å². The highest BCUT2D eigenvalue weighted by Crippen LogP contribution is 2.24. The van der Waals surface area contributed by atoms with Gasteiger partial charge in [-0.25, -0.2) is 0 Å². The molecular weight excluding hydrogens is 228 g/mol. The molecule has 2 aliphatic rings. The van der Waals surface area contributed by atoms with Gasteiger partial charge < -0.3 is 15.0 Å². The van der Waals surface area contributed by atoms with Crippen molar-refractivity contribution in [1.82, 2.24) is 10.2 Å². The maximum absolute atomic E-state index is 12.2. The van der Waals surface area contributed by atoms with Gasteiger partial charge in [0, 0.05) is 18.6 Å². The van der Waals surface area contributed by atoms with E-state index in [1.807, 2.05) is 13.8 Å². The third-order valence-corrected chi connectivity index (χ3v) is 3.97. The topological polar surface area (TPSA) is 41.6 Å². The first-order valence-electron chi connectivity index (χ1n) is 7.33. The molecule has 0 saturated carbocycles. The van der Waals surface area contributed by atoms with Gasteiger partial charge in [-0.15, -0.1) is 0 Å². The van der Waals surface area contributed by atoms with Gasteiger partial charge in [0.1, 0.15) is 6.61 Å². The Bertz CT molecular complexity index is 275. The second-order valence-electron chi connectivity index (χ2n) is 5.71. The lowest BCUT2D eigenvalue weighted by Gasteiger charge is -2.39. The van der Waals surface area contributed by atoms with Crippen molar-refractivity contribution in [3.63, 3.8) is 0 Å². The normalized spacial score (nSPS) is 28.9. The Morgan fingerprint density at radius 2 is 2.17 bits per heavy atom. The Hall–Kier alpha value is -0.610. The second kappa shape index (κ2) is 6.53. The monoisotopic (exact) mass is 254 g/mol. The number of amides is 1. The van der Waals surface area contributed by atoms with Gasteiger partial charge in [-0.05, 0) is 52.5 Å². The molecule has 1 amide bonds. The minimum atomic E-state index is 0.127. The number of piperidine rings is 1. The Balaban J connectivity index is 1.91. The van der Waals surface area contributed by atoms with Gasteiger partial charge in [-0.3, -0.25) is 4.79 Å². The molecule has 0 spiro atoms. The number of ether oxygens (including phenoxy) is 1. The lowest BCUT2D eigenvalue weighted by Crippen LogP contribution is -2.53. The Labute approximate surface area is 110 Å². The van der Waals surface area contributed by atoms with Crippen LogP contribution in [-0.2, 0) is 9.53 Å². The van der Waals surface area contributed by atoms with Crippen LogP contribution in [0.1, 0.15) is 46.0 Å². The van der Waals surface area contributed by atoms with Crippen molar-refractivity contribution in [3.8, 4) is 0 Å². The number of likely N-dealkylation sites (tertiary alicyclic amines) is 1. The van der Waals surface area contributed by atoms with E-state index in [0.29, 0.717) is 12.1 Å². The molecule has 2 atom stereocenters. The predicted molar refractivity (Wildman–Crippen MR) is 71.5 cm³/mol. The molecule has 2 heterocycles. The average Bonchev–Trinajstić information content (AvgIpc) is 2.89. The maximum atomic E-state index is 12.2. The fraction of sp³-hybridized carbons (Fsp3) is 0.929. The Morgan fingerprint density at radius 3 is 2.83 bits per heavy atom. The van der Waals surface area contributed by atoms with Gasteiger partial charge in [-0.2, -0.15) is 0 Å². The first-order chi connectivity index (χ1) is 8.68. The summed E-state index contributed by atoms with van der Waals surface area (Å²) in [7, 11) is 0. The highest BCUT2D eigenvalue weighted by molar-refractivity contribution is 5.78. The van der Waals surface area contributed by atoms with Crippen LogP contribution >= 0.6 is 0 Å². The number of hydrogen-bond acceptors (Lipinski definition) is 3.